The second-order valence-corrected chi connectivity index (χ2v) is 7.75. The molecule has 162 valence electrons. The molecular weight excluding hydrogens is 428 g/mol. The van der Waals surface area contributed by atoms with Gasteiger partial charge in [0.1, 0.15) is 5.75 Å². The van der Waals surface area contributed by atoms with Crippen molar-refractivity contribution < 1.29 is 19.1 Å². The van der Waals surface area contributed by atoms with Gasteiger partial charge in [-0.15, -0.1) is 0 Å². The first-order valence-electron chi connectivity index (χ1n) is 10.3. The maximum absolute atomic E-state index is 12.7. The minimum Gasteiger partial charge on any atom is -0.494 e. The maximum atomic E-state index is 12.7. The monoisotopic (exact) mass is 448 g/mol. The third-order valence-electron chi connectivity index (χ3n) is 5.12. The van der Waals surface area contributed by atoms with Crippen molar-refractivity contribution in [2.24, 2.45) is 0 Å². The number of nitrogens with zero attached hydrogens (tertiary/aromatic N) is 1. The number of benzene rings is 3. The van der Waals surface area contributed by atoms with Crippen molar-refractivity contribution in [3.8, 4) is 5.75 Å². The number of hydrogen-bond acceptors (Lipinski definition) is 4. The third-order valence-corrected chi connectivity index (χ3v) is 5.43. The minimum atomic E-state index is -0.404. The predicted molar refractivity (Wildman–Crippen MR) is 124 cm³/mol. The third kappa shape index (κ3) is 4.22. The summed E-state index contributed by atoms with van der Waals surface area (Å²) in [5.74, 6) is -0.531. The molecule has 0 saturated carbocycles. The van der Waals surface area contributed by atoms with Crippen LogP contribution < -0.4 is 15.0 Å². The average Bonchev–Trinajstić information content (AvgIpc) is 3.06. The van der Waals surface area contributed by atoms with Gasteiger partial charge in [0, 0.05) is 5.56 Å². The van der Waals surface area contributed by atoms with Gasteiger partial charge in [0.2, 0.25) is 0 Å². The number of nitrogens with one attached hydrogen (secondary N) is 1. The Morgan fingerprint density at radius 3 is 2.34 bits per heavy atom. The molecule has 0 saturated heterocycles. The first kappa shape index (κ1) is 21.6. The molecule has 3 amide bonds. The molecule has 0 fully saturated rings. The second-order valence-electron chi connectivity index (χ2n) is 7.34. The van der Waals surface area contributed by atoms with Gasteiger partial charge < -0.3 is 10.1 Å². The molecule has 3 aromatic rings. The summed E-state index contributed by atoms with van der Waals surface area (Å²) in [7, 11) is 0. The van der Waals surface area contributed by atoms with Crippen LogP contribution in [0.1, 0.15) is 50.8 Å². The van der Waals surface area contributed by atoms with Crippen molar-refractivity contribution in [3.05, 3.63) is 88.4 Å². The summed E-state index contributed by atoms with van der Waals surface area (Å²) in [6.07, 6.45) is 1.96. The van der Waals surface area contributed by atoms with E-state index in [2.05, 4.69) is 12.2 Å². The lowest BCUT2D eigenvalue weighted by atomic mass is 10.1. The number of ether oxygens (including phenoxy) is 1. The Balaban J connectivity index is 1.50. The number of fused-ring (bicyclic) bond motifs is 1. The number of unbranched alkanes of at least 4 members (excludes halogenated alkanes) is 1. The quantitative estimate of drug-likeness (QED) is 0.378. The number of halogens is 1. The van der Waals surface area contributed by atoms with Crippen LogP contribution in [0, 0.1) is 0 Å². The summed E-state index contributed by atoms with van der Waals surface area (Å²) in [5, 5.41) is 2.97. The van der Waals surface area contributed by atoms with E-state index in [-0.39, 0.29) is 10.9 Å². The molecule has 0 spiro atoms. The van der Waals surface area contributed by atoms with Crippen LogP contribution in [0.2, 0.25) is 5.02 Å². The SMILES string of the molecule is CCCCOc1cccc(C(=O)Nc2ccc(N3C(=O)c4ccccc4C3=O)cc2Cl)c1. The Kier molecular flexibility index (Phi) is 6.23. The van der Waals surface area contributed by atoms with Gasteiger partial charge in [0.25, 0.3) is 17.7 Å². The van der Waals surface area contributed by atoms with Crippen LogP contribution in [-0.2, 0) is 0 Å². The van der Waals surface area contributed by atoms with Gasteiger partial charge in [-0.25, -0.2) is 4.90 Å². The molecule has 0 radical (unpaired) electrons. The highest BCUT2D eigenvalue weighted by Crippen LogP contribution is 2.33. The molecule has 1 aliphatic rings. The topological polar surface area (TPSA) is 75.7 Å². The zero-order valence-electron chi connectivity index (χ0n) is 17.4. The standard InChI is InChI=1S/C25H21ClN2O4/c1-2-3-13-32-18-8-6-7-16(14-18)23(29)27-22-12-11-17(15-21(22)26)28-24(30)19-9-4-5-10-20(19)25(28)31/h4-12,14-15H,2-3,13H2,1H3,(H,27,29). The summed E-state index contributed by atoms with van der Waals surface area (Å²) in [6, 6.07) is 18.2. The average molecular weight is 449 g/mol. The summed E-state index contributed by atoms with van der Waals surface area (Å²) < 4.78 is 5.66. The van der Waals surface area contributed by atoms with Crippen LogP contribution in [0.25, 0.3) is 0 Å². The molecule has 0 bridgehead atoms. The van der Waals surface area contributed by atoms with E-state index in [1.54, 1.807) is 60.7 Å². The molecule has 0 unspecified atom stereocenters. The fourth-order valence-corrected chi connectivity index (χ4v) is 3.65. The number of carbonyl (C=O) groups is 3. The smallest absolute Gasteiger partial charge is 0.266 e. The Morgan fingerprint density at radius 2 is 1.69 bits per heavy atom. The van der Waals surface area contributed by atoms with E-state index in [1.165, 1.54) is 6.07 Å². The summed E-state index contributed by atoms with van der Waals surface area (Å²) in [5.41, 5.74) is 1.85. The Morgan fingerprint density at radius 1 is 0.969 bits per heavy atom. The van der Waals surface area contributed by atoms with Crippen LogP contribution in [-0.4, -0.2) is 24.3 Å². The number of rotatable bonds is 7. The normalized spacial score (nSPS) is 12.6. The van der Waals surface area contributed by atoms with Crippen molar-refractivity contribution in [1.29, 1.82) is 0 Å². The number of hydrogen-bond donors (Lipinski definition) is 1. The summed E-state index contributed by atoms with van der Waals surface area (Å²) in [6.45, 7) is 2.67. The number of amides is 3. The van der Waals surface area contributed by atoms with Crippen LogP contribution in [0.5, 0.6) is 5.75 Å². The molecule has 4 rings (SSSR count). The van der Waals surface area contributed by atoms with Crippen molar-refractivity contribution in [1.82, 2.24) is 0 Å². The molecule has 1 N–H and O–H groups in total. The van der Waals surface area contributed by atoms with Gasteiger partial charge >= 0.3 is 0 Å². The molecule has 6 nitrogen and oxygen atoms in total. The molecule has 0 aliphatic carbocycles. The molecule has 0 atom stereocenters. The summed E-state index contributed by atoms with van der Waals surface area (Å²) in [4.78, 5) is 39.1. The first-order valence-corrected chi connectivity index (χ1v) is 10.7. The maximum Gasteiger partial charge on any atom is 0.266 e. The minimum absolute atomic E-state index is 0.211. The zero-order valence-corrected chi connectivity index (χ0v) is 18.2. The summed E-state index contributed by atoms with van der Waals surface area (Å²) >= 11 is 6.37. The number of imide groups is 1. The van der Waals surface area contributed by atoms with Gasteiger partial charge in [-0.1, -0.05) is 43.1 Å². The van der Waals surface area contributed by atoms with Gasteiger partial charge in [-0.2, -0.15) is 0 Å². The first-order chi connectivity index (χ1) is 15.5. The Bertz CT molecular complexity index is 1170. The van der Waals surface area contributed by atoms with Crippen LogP contribution >= 0.6 is 11.6 Å². The molecule has 3 aromatic carbocycles. The fourth-order valence-electron chi connectivity index (χ4n) is 3.42. The van der Waals surface area contributed by atoms with Crippen molar-refractivity contribution in [2.45, 2.75) is 19.8 Å². The molecule has 1 aliphatic heterocycles. The van der Waals surface area contributed by atoms with E-state index in [1.807, 2.05) is 0 Å². The van der Waals surface area contributed by atoms with E-state index in [4.69, 9.17) is 16.3 Å². The van der Waals surface area contributed by atoms with Crippen LogP contribution in [0.15, 0.2) is 66.7 Å². The van der Waals surface area contributed by atoms with E-state index in [0.29, 0.717) is 40.4 Å². The molecular formula is C25H21ClN2O4. The lowest BCUT2D eigenvalue weighted by Gasteiger charge is -2.16. The molecule has 32 heavy (non-hydrogen) atoms. The van der Waals surface area contributed by atoms with Gasteiger partial charge in [-0.3, -0.25) is 14.4 Å². The highest BCUT2D eigenvalue weighted by molar-refractivity contribution is 6.37. The largest absolute Gasteiger partial charge is 0.494 e. The fraction of sp³-hybridized carbons (Fsp3) is 0.160. The van der Waals surface area contributed by atoms with E-state index in [9.17, 15) is 14.4 Å². The number of anilines is 2. The number of carbonyl (C=O) groups excluding carboxylic acids is 3. The van der Waals surface area contributed by atoms with E-state index < -0.39 is 11.8 Å². The van der Waals surface area contributed by atoms with Gasteiger partial charge in [0.15, 0.2) is 0 Å². The van der Waals surface area contributed by atoms with Crippen LogP contribution in [0.4, 0.5) is 11.4 Å². The Labute approximate surface area is 190 Å². The highest BCUT2D eigenvalue weighted by Gasteiger charge is 2.36. The highest BCUT2D eigenvalue weighted by atomic mass is 35.5. The van der Waals surface area contributed by atoms with Crippen LogP contribution in [0.3, 0.4) is 0 Å². The van der Waals surface area contributed by atoms with E-state index in [0.717, 1.165) is 17.7 Å². The molecule has 7 heteroatoms. The van der Waals surface area contributed by atoms with E-state index >= 15 is 0 Å². The predicted octanol–water partition coefficient (Wildman–Crippen LogP) is 5.57. The van der Waals surface area contributed by atoms with Gasteiger partial charge in [0.05, 0.1) is 34.1 Å². The Hall–Kier alpha value is -3.64. The van der Waals surface area contributed by atoms with Crippen molar-refractivity contribution in [3.63, 3.8) is 0 Å². The molecule has 0 aromatic heterocycles. The lowest BCUT2D eigenvalue weighted by molar-refractivity contribution is 0.0924. The lowest BCUT2D eigenvalue weighted by Crippen LogP contribution is -2.29. The second kappa shape index (κ2) is 9.24. The zero-order chi connectivity index (χ0) is 22.7. The van der Waals surface area contributed by atoms with Crippen molar-refractivity contribution in [2.75, 3.05) is 16.8 Å². The van der Waals surface area contributed by atoms with Gasteiger partial charge in [-0.05, 0) is 55.0 Å². The van der Waals surface area contributed by atoms with Crippen molar-refractivity contribution >= 4 is 40.7 Å². The molecule has 1 heterocycles.